The molecule has 0 unspecified atom stereocenters. The Morgan fingerprint density at radius 2 is 1.85 bits per heavy atom. The van der Waals surface area contributed by atoms with Crippen molar-refractivity contribution in [3.05, 3.63) is 52.0 Å². The summed E-state index contributed by atoms with van der Waals surface area (Å²) in [6, 6.07) is 8.32. The number of nitrogens with zero attached hydrogens (tertiary/aromatic N) is 1. The molecule has 27 heavy (non-hydrogen) atoms. The predicted octanol–water partition coefficient (Wildman–Crippen LogP) is 5.33. The summed E-state index contributed by atoms with van der Waals surface area (Å²) >= 11 is 3.30. The average molecular weight is 443 g/mol. The molecule has 1 amide bonds. The number of hydrogen-bond acceptors (Lipinski definition) is 3. The van der Waals surface area contributed by atoms with Crippen molar-refractivity contribution in [2.24, 2.45) is 0 Å². The number of nitrogens with one attached hydrogen (secondary N) is 1. The summed E-state index contributed by atoms with van der Waals surface area (Å²) < 4.78 is 45.1. The SMILES string of the molecule is COc1ccc(Br)c(C(=O)Nc2cc(C(F)(F)F)ccc2N2CCCC2)c1. The zero-order valence-electron chi connectivity index (χ0n) is 14.6. The van der Waals surface area contributed by atoms with Gasteiger partial charge in [-0.15, -0.1) is 0 Å². The third kappa shape index (κ3) is 4.37. The molecule has 0 spiro atoms. The lowest BCUT2D eigenvalue weighted by Gasteiger charge is -2.23. The highest BCUT2D eigenvalue weighted by molar-refractivity contribution is 9.10. The van der Waals surface area contributed by atoms with Gasteiger partial charge in [-0.05, 0) is 65.2 Å². The Labute approximate surface area is 163 Å². The number of halogens is 4. The summed E-state index contributed by atoms with van der Waals surface area (Å²) in [5, 5.41) is 2.64. The highest BCUT2D eigenvalue weighted by atomic mass is 79.9. The highest BCUT2D eigenvalue weighted by Gasteiger charge is 2.32. The van der Waals surface area contributed by atoms with Crippen LogP contribution in [0.1, 0.15) is 28.8 Å². The van der Waals surface area contributed by atoms with Gasteiger partial charge in [0.15, 0.2) is 0 Å². The number of carbonyl (C=O) groups is 1. The first-order chi connectivity index (χ1) is 12.8. The molecule has 1 heterocycles. The maximum atomic E-state index is 13.1. The smallest absolute Gasteiger partial charge is 0.416 e. The minimum Gasteiger partial charge on any atom is -0.497 e. The van der Waals surface area contributed by atoms with Crippen LogP contribution in [-0.4, -0.2) is 26.1 Å². The van der Waals surface area contributed by atoms with Crippen LogP contribution in [0.3, 0.4) is 0 Å². The predicted molar refractivity (Wildman–Crippen MR) is 102 cm³/mol. The molecule has 8 heteroatoms. The fourth-order valence-electron chi connectivity index (χ4n) is 3.04. The molecule has 0 aliphatic carbocycles. The second-order valence-electron chi connectivity index (χ2n) is 6.22. The van der Waals surface area contributed by atoms with Crippen LogP contribution in [0, 0.1) is 0 Å². The Hall–Kier alpha value is -2.22. The first-order valence-corrected chi connectivity index (χ1v) is 9.20. The minimum absolute atomic E-state index is 0.145. The number of hydrogen-bond donors (Lipinski definition) is 1. The van der Waals surface area contributed by atoms with Crippen LogP contribution in [-0.2, 0) is 6.18 Å². The summed E-state index contributed by atoms with van der Waals surface area (Å²) in [4.78, 5) is 14.7. The number of rotatable bonds is 4. The summed E-state index contributed by atoms with van der Waals surface area (Å²) in [5.41, 5.74) is 0.212. The average Bonchev–Trinajstić information content (AvgIpc) is 3.15. The van der Waals surface area contributed by atoms with Crippen LogP contribution in [0.2, 0.25) is 0 Å². The van der Waals surface area contributed by atoms with E-state index in [1.807, 2.05) is 4.90 Å². The lowest BCUT2D eigenvalue weighted by atomic mass is 10.1. The number of benzene rings is 2. The molecule has 0 aromatic heterocycles. The van der Waals surface area contributed by atoms with Crippen molar-refractivity contribution < 1.29 is 22.7 Å². The van der Waals surface area contributed by atoms with Crippen LogP contribution in [0.15, 0.2) is 40.9 Å². The summed E-state index contributed by atoms with van der Waals surface area (Å²) in [5.74, 6) is -0.0345. The van der Waals surface area contributed by atoms with Crippen LogP contribution in [0.4, 0.5) is 24.5 Å². The summed E-state index contributed by atoms with van der Waals surface area (Å²) in [6.45, 7) is 1.49. The number of ether oxygens (including phenoxy) is 1. The molecule has 1 saturated heterocycles. The van der Waals surface area contributed by atoms with E-state index in [1.54, 1.807) is 12.1 Å². The van der Waals surface area contributed by atoms with Gasteiger partial charge in [0, 0.05) is 17.6 Å². The lowest BCUT2D eigenvalue weighted by Crippen LogP contribution is -2.22. The molecular formula is C19H18BrF3N2O2. The lowest BCUT2D eigenvalue weighted by molar-refractivity contribution is -0.137. The van der Waals surface area contributed by atoms with Gasteiger partial charge < -0.3 is 15.0 Å². The molecule has 4 nitrogen and oxygen atoms in total. The molecule has 0 bridgehead atoms. The van der Waals surface area contributed by atoms with Gasteiger partial charge in [0.05, 0.1) is 29.6 Å². The van der Waals surface area contributed by atoms with Crippen molar-refractivity contribution in [2.45, 2.75) is 19.0 Å². The highest BCUT2D eigenvalue weighted by Crippen LogP contribution is 2.37. The molecule has 0 saturated carbocycles. The Balaban J connectivity index is 1.97. The minimum atomic E-state index is -4.49. The molecule has 2 aromatic rings. The van der Waals surface area contributed by atoms with Gasteiger partial charge in [-0.2, -0.15) is 13.2 Å². The Morgan fingerprint density at radius 1 is 1.15 bits per heavy atom. The first-order valence-electron chi connectivity index (χ1n) is 8.40. The molecule has 1 N–H and O–H groups in total. The van der Waals surface area contributed by atoms with Crippen molar-refractivity contribution in [1.82, 2.24) is 0 Å². The van der Waals surface area contributed by atoms with E-state index < -0.39 is 17.6 Å². The van der Waals surface area contributed by atoms with Gasteiger partial charge in [0.25, 0.3) is 5.91 Å². The second-order valence-corrected chi connectivity index (χ2v) is 7.08. The van der Waals surface area contributed by atoms with E-state index >= 15 is 0 Å². The first kappa shape index (κ1) is 19.5. The monoisotopic (exact) mass is 442 g/mol. The number of anilines is 2. The van der Waals surface area contributed by atoms with Crippen LogP contribution in [0.25, 0.3) is 0 Å². The quantitative estimate of drug-likeness (QED) is 0.695. The van der Waals surface area contributed by atoms with Crippen molar-refractivity contribution >= 4 is 33.2 Å². The number of methoxy groups -OCH3 is 1. The normalized spacial score (nSPS) is 14.3. The van der Waals surface area contributed by atoms with Gasteiger partial charge in [0.2, 0.25) is 0 Å². The Kier molecular flexibility index (Phi) is 5.64. The zero-order valence-corrected chi connectivity index (χ0v) is 16.2. The molecule has 0 atom stereocenters. The maximum Gasteiger partial charge on any atom is 0.416 e. The zero-order chi connectivity index (χ0) is 19.6. The molecule has 0 radical (unpaired) electrons. The van der Waals surface area contributed by atoms with E-state index in [0.29, 0.717) is 15.9 Å². The van der Waals surface area contributed by atoms with Crippen molar-refractivity contribution in [3.8, 4) is 5.75 Å². The molecule has 1 fully saturated rings. The number of carbonyl (C=O) groups excluding carboxylic acids is 1. The van der Waals surface area contributed by atoms with Gasteiger partial charge in [-0.1, -0.05) is 0 Å². The summed E-state index contributed by atoms with van der Waals surface area (Å²) in [6.07, 6.45) is -2.55. The van der Waals surface area contributed by atoms with Crippen LogP contribution >= 0.6 is 15.9 Å². The van der Waals surface area contributed by atoms with Gasteiger partial charge in [0.1, 0.15) is 5.75 Å². The largest absolute Gasteiger partial charge is 0.497 e. The molecule has 1 aliphatic heterocycles. The van der Waals surface area contributed by atoms with Crippen LogP contribution in [0.5, 0.6) is 5.75 Å². The van der Waals surface area contributed by atoms with Crippen molar-refractivity contribution in [2.75, 3.05) is 30.4 Å². The third-order valence-corrected chi connectivity index (χ3v) is 5.13. The maximum absolute atomic E-state index is 13.1. The van der Waals surface area contributed by atoms with Crippen molar-refractivity contribution in [3.63, 3.8) is 0 Å². The van der Waals surface area contributed by atoms with E-state index in [1.165, 1.54) is 19.2 Å². The topological polar surface area (TPSA) is 41.6 Å². The Bertz CT molecular complexity index is 849. The number of alkyl halides is 3. The van der Waals surface area contributed by atoms with Gasteiger partial charge in [-0.25, -0.2) is 0 Å². The van der Waals surface area contributed by atoms with E-state index in [4.69, 9.17) is 4.74 Å². The second kappa shape index (κ2) is 7.80. The van der Waals surface area contributed by atoms with E-state index in [2.05, 4.69) is 21.2 Å². The standard InChI is InChI=1S/C19H18BrF3N2O2/c1-27-13-5-6-15(20)14(11-13)18(26)24-16-10-12(19(21,22)23)4-7-17(16)25-8-2-3-9-25/h4-7,10-11H,2-3,8-9H2,1H3,(H,24,26). The van der Waals surface area contributed by atoms with E-state index in [9.17, 15) is 18.0 Å². The Morgan fingerprint density at radius 3 is 2.48 bits per heavy atom. The van der Waals surface area contributed by atoms with Crippen molar-refractivity contribution in [1.29, 1.82) is 0 Å². The molecule has 3 rings (SSSR count). The van der Waals surface area contributed by atoms with Gasteiger partial charge >= 0.3 is 6.18 Å². The van der Waals surface area contributed by atoms with Gasteiger partial charge in [-0.3, -0.25) is 4.79 Å². The number of amides is 1. The molecular weight excluding hydrogens is 425 g/mol. The fourth-order valence-corrected chi connectivity index (χ4v) is 3.47. The van der Waals surface area contributed by atoms with E-state index in [-0.39, 0.29) is 11.3 Å². The third-order valence-electron chi connectivity index (χ3n) is 4.44. The molecule has 1 aliphatic rings. The summed E-state index contributed by atoms with van der Waals surface area (Å²) in [7, 11) is 1.48. The van der Waals surface area contributed by atoms with E-state index in [0.717, 1.165) is 38.1 Å². The molecule has 144 valence electrons. The molecule has 2 aromatic carbocycles. The van der Waals surface area contributed by atoms with Crippen LogP contribution < -0.4 is 15.0 Å². The fraction of sp³-hybridized carbons (Fsp3) is 0.316.